The highest BCUT2D eigenvalue weighted by atomic mass is 19.4. The molecule has 1 rings (SSSR count). The van der Waals surface area contributed by atoms with Crippen LogP contribution in [0.25, 0.3) is 0 Å². The Morgan fingerprint density at radius 2 is 1.85 bits per heavy atom. The monoisotopic (exact) mass is 298 g/mol. The summed E-state index contributed by atoms with van der Waals surface area (Å²) >= 11 is 0. The molecule has 0 aliphatic heterocycles. The van der Waals surface area contributed by atoms with Crippen LogP contribution in [0.1, 0.15) is 15.9 Å². The summed E-state index contributed by atoms with van der Waals surface area (Å²) in [4.78, 5) is 11.2. The fraction of sp³-hybridized carbons (Fsp3) is 0.417. The summed E-state index contributed by atoms with van der Waals surface area (Å²) in [6.45, 7) is -2.54. The quantitative estimate of drug-likeness (QED) is 0.618. The molecule has 0 radical (unpaired) electrons. The highest BCUT2D eigenvalue weighted by Crippen LogP contribution is 2.37. The highest BCUT2D eigenvalue weighted by molar-refractivity contribution is 5.89. The third-order valence-electron chi connectivity index (χ3n) is 2.34. The Kier molecular flexibility index (Phi) is 5.29. The largest absolute Gasteiger partial charge is 0.484 e. The molecule has 0 saturated heterocycles. The average Bonchev–Trinajstić information content (AvgIpc) is 2.42. The fourth-order valence-electron chi connectivity index (χ4n) is 1.38. The number of alkyl halides is 5. The van der Waals surface area contributed by atoms with E-state index in [2.05, 4.69) is 9.47 Å². The molecule has 3 nitrogen and oxygen atoms in total. The van der Waals surface area contributed by atoms with Gasteiger partial charge < -0.3 is 9.47 Å². The summed E-state index contributed by atoms with van der Waals surface area (Å²) in [7, 11) is 1.02. The van der Waals surface area contributed by atoms with Crippen LogP contribution >= 0.6 is 0 Å². The summed E-state index contributed by atoms with van der Waals surface area (Å²) in [5, 5.41) is 0. The number of benzene rings is 1. The molecule has 112 valence electrons. The second-order valence-corrected chi connectivity index (χ2v) is 3.75. The van der Waals surface area contributed by atoms with E-state index in [1.807, 2.05) is 0 Å². The van der Waals surface area contributed by atoms with Crippen molar-refractivity contribution >= 4 is 5.97 Å². The topological polar surface area (TPSA) is 35.5 Å². The summed E-state index contributed by atoms with van der Waals surface area (Å²) < 4.78 is 72.0. The van der Waals surface area contributed by atoms with Gasteiger partial charge in [0.2, 0.25) is 0 Å². The van der Waals surface area contributed by atoms with Crippen molar-refractivity contribution in [3.63, 3.8) is 0 Å². The van der Waals surface area contributed by atoms with Gasteiger partial charge in [0, 0.05) is 0 Å². The van der Waals surface area contributed by atoms with Crippen LogP contribution in [0.5, 0.6) is 5.75 Å². The molecule has 0 N–H and O–H groups in total. The molecule has 0 aliphatic carbocycles. The molecule has 0 unspecified atom stereocenters. The molecule has 20 heavy (non-hydrogen) atoms. The van der Waals surface area contributed by atoms with Gasteiger partial charge >= 0.3 is 12.1 Å². The smallest absolute Gasteiger partial charge is 0.419 e. The predicted molar refractivity (Wildman–Crippen MR) is 59.1 cm³/mol. The van der Waals surface area contributed by atoms with Gasteiger partial charge in [-0.3, -0.25) is 0 Å². The zero-order valence-electron chi connectivity index (χ0n) is 10.3. The number of carbonyl (C=O) groups excluding carboxylic acids is 1. The summed E-state index contributed by atoms with van der Waals surface area (Å²) in [6, 6.07) is 2.35. The predicted octanol–water partition coefficient (Wildman–Crippen LogP) is 3.18. The molecule has 0 aromatic heterocycles. The molecular weight excluding hydrogens is 287 g/mol. The third-order valence-corrected chi connectivity index (χ3v) is 2.34. The van der Waals surface area contributed by atoms with E-state index in [1.165, 1.54) is 0 Å². The molecular formula is C12H11F5O3. The van der Waals surface area contributed by atoms with Gasteiger partial charge in [-0.1, -0.05) is 0 Å². The molecule has 1 aromatic carbocycles. The molecule has 8 heteroatoms. The first-order chi connectivity index (χ1) is 9.33. The molecule has 0 aliphatic rings. The van der Waals surface area contributed by atoms with Gasteiger partial charge in [0.15, 0.2) is 6.10 Å². The minimum Gasteiger partial charge on any atom is -0.484 e. The van der Waals surface area contributed by atoms with Crippen molar-refractivity contribution in [2.24, 2.45) is 0 Å². The second kappa shape index (κ2) is 6.53. The lowest BCUT2D eigenvalue weighted by atomic mass is 10.1. The first kappa shape index (κ1) is 16.2. The van der Waals surface area contributed by atoms with Crippen LogP contribution in [0.2, 0.25) is 0 Å². The highest BCUT2D eigenvalue weighted by Gasteiger charge is 2.36. The third kappa shape index (κ3) is 3.82. The van der Waals surface area contributed by atoms with Gasteiger partial charge in [-0.2, -0.15) is 13.2 Å². The van der Waals surface area contributed by atoms with E-state index in [1.54, 1.807) is 0 Å². The van der Waals surface area contributed by atoms with Crippen molar-refractivity contribution in [3.05, 3.63) is 29.3 Å². The van der Waals surface area contributed by atoms with Crippen molar-refractivity contribution in [2.75, 3.05) is 20.5 Å². The van der Waals surface area contributed by atoms with E-state index in [4.69, 9.17) is 0 Å². The van der Waals surface area contributed by atoms with E-state index < -0.39 is 42.9 Å². The Hall–Kier alpha value is -1.86. The lowest BCUT2D eigenvalue weighted by molar-refractivity contribution is -0.139. The first-order valence-corrected chi connectivity index (χ1v) is 5.41. The molecule has 0 spiro atoms. The number of carbonyl (C=O) groups is 1. The molecule has 0 fully saturated rings. The van der Waals surface area contributed by atoms with Crippen LogP contribution in [0.15, 0.2) is 18.2 Å². The number of ether oxygens (including phenoxy) is 2. The number of hydrogen-bond donors (Lipinski definition) is 0. The Bertz CT molecular complexity index is 469. The normalized spacial score (nSPS) is 11.6. The maximum atomic E-state index is 12.8. The molecule has 0 bridgehead atoms. The van der Waals surface area contributed by atoms with E-state index in [-0.39, 0.29) is 5.56 Å². The number of hydrogen-bond acceptors (Lipinski definition) is 3. The van der Waals surface area contributed by atoms with Crippen LogP contribution in [-0.2, 0) is 10.9 Å². The van der Waals surface area contributed by atoms with Gasteiger partial charge in [-0.25, -0.2) is 13.6 Å². The SMILES string of the molecule is COC(=O)c1ccc(OC(CF)CF)c(C(F)(F)F)c1. The zero-order valence-corrected chi connectivity index (χ0v) is 10.3. The summed E-state index contributed by atoms with van der Waals surface area (Å²) in [5.41, 5.74) is -1.64. The van der Waals surface area contributed by atoms with Crippen molar-refractivity contribution in [3.8, 4) is 5.75 Å². The van der Waals surface area contributed by atoms with Crippen molar-refractivity contribution in [1.82, 2.24) is 0 Å². The van der Waals surface area contributed by atoms with Gasteiger partial charge in [0.1, 0.15) is 19.1 Å². The maximum Gasteiger partial charge on any atom is 0.419 e. The van der Waals surface area contributed by atoms with E-state index >= 15 is 0 Å². The fourth-order valence-corrected chi connectivity index (χ4v) is 1.38. The maximum absolute atomic E-state index is 12.8. The van der Waals surface area contributed by atoms with Crippen molar-refractivity contribution in [2.45, 2.75) is 12.3 Å². The zero-order chi connectivity index (χ0) is 15.3. The van der Waals surface area contributed by atoms with Crippen LogP contribution in [0, 0.1) is 0 Å². The average molecular weight is 298 g/mol. The number of methoxy groups -OCH3 is 1. The minimum atomic E-state index is -4.84. The molecule has 0 amide bonds. The van der Waals surface area contributed by atoms with Gasteiger partial charge in [-0.15, -0.1) is 0 Å². The number of rotatable bonds is 5. The van der Waals surface area contributed by atoms with Crippen molar-refractivity contribution in [1.29, 1.82) is 0 Å². The summed E-state index contributed by atoms with van der Waals surface area (Å²) in [5.74, 6) is -1.71. The van der Waals surface area contributed by atoms with Gasteiger partial charge in [0.25, 0.3) is 0 Å². The van der Waals surface area contributed by atoms with Crippen molar-refractivity contribution < 1.29 is 36.2 Å². The first-order valence-electron chi connectivity index (χ1n) is 5.41. The molecule has 0 atom stereocenters. The van der Waals surface area contributed by atoms with Gasteiger partial charge in [-0.05, 0) is 18.2 Å². The van der Waals surface area contributed by atoms with E-state index in [0.29, 0.717) is 6.07 Å². The van der Waals surface area contributed by atoms with E-state index in [0.717, 1.165) is 19.2 Å². The number of esters is 1. The minimum absolute atomic E-state index is 0.343. The molecule has 0 heterocycles. The van der Waals surface area contributed by atoms with Crippen LogP contribution < -0.4 is 4.74 Å². The van der Waals surface area contributed by atoms with E-state index in [9.17, 15) is 26.7 Å². The van der Waals surface area contributed by atoms with Gasteiger partial charge in [0.05, 0.1) is 18.2 Å². The Balaban J connectivity index is 3.20. The summed E-state index contributed by atoms with van der Waals surface area (Å²) in [6.07, 6.45) is -6.46. The van der Waals surface area contributed by atoms with Crippen LogP contribution in [0.4, 0.5) is 22.0 Å². The Morgan fingerprint density at radius 3 is 2.30 bits per heavy atom. The van der Waals surface area contributed by atoms with Crippen LogP contribution in [0.3, 0.4) is 0 Å². The van der Waals surface area contributed by atoms with Crippen LogP contribution in [-0.4, -0.2) is 32.5 Å². The lowest BCUT2D eigenvalue weighted by Gasteiger charge is -2.18. The lowest BCUT2D eigenvalue weighted by Crippen LogP contribution is -2.23. The number of halogens is 5. The second-order valence-electron chi connectivity index (χ2n) is 3.75. The standard InChI is InChI=1S/C12H11F5O3/c1-19-11(18)7-2-3-10(20-8(5-13)6-14)9(4-7)12(15,16)17/h2-4,8H,5-6H2,1H3. The Morgan fingerprint density at radius 1 is 1.25 bits per heavy atom. The molecule has 0 saturated carbocycles. The molecule has 1 aromatic rings. The Labute approximate surface area is 111 Å².